The quantitative estimate of drug-likeness (QED) is 0.436. The maximum absolute atomic E-state index is 16.0. The van der Waals surface area contributed by atoms with Gasteiger partial charge in [-0.05, 0) is 39.8 Å². The Hall–Kier alpha value is -3.66. The van der Waals surface area contributed by atoms with Crippen LogP contribution in [0.15, 0.2) is 41.3 Å². The molecule has 2 aromatic heterocycles. The number of rotatable bonds is 6. The fraction of sp³-hybridized carbons (Fsp3) is 0.320. The number of fused-ring (bicyclic) bond motifs is 1. The van der Waals surface area contributed by atoms with Gasteiger partial charge in [0.05, 0.1) is 11.9 Å². The molecule has 0 unspecified atom stereocenters. The zero-order valence-electron chi connectivity index (χ0n) is 19.9. The van der Waals surface area contributed by atoms with Crippen LogP contribution >= 0.6 is 0 Å². The van der Waals surface area contributed by atoms with Crippen molar-refractivity contribution in [3.05, 3.63) is 75.3 Å². The Kier molecular flexibility index (Phi) is 6.18. The summed E-state index contributed by atoms with van der Waals surface area (Å²) in [7, 11) is 1.48. The van der Waals surface area contributed by atoms with Gasteiger partial charge < -0.3 is 9.84 Å². The van der Waals surface area contributed by atoms with Crippen molar-refractivity contribution in [3.8, 4) is 16.9 Å². The van der Waals surface area contributed by atoms with Crippen LogP contribution in [0, 0.1) is 19.7 Å². The molecule has 7 nitrogen and oxygen atoms in total. The molecular formula is C25H25F3N4O3. The minimum atomic E-state index is -3.03. The van der Waals surface area contributed by atoms with Crippen LogP contribution in [0.1, 0.15) is 36.5 Å². The molecule has 0 fully saturated rings. The largest absolute Gasteiger partial charge is 0.434 e. The third-order valence-electron chi connectivity index (χ3n) is 5.83. The fourth-order valence-corrected chi connectivity index (χ4v) is 4.05. The van der Waals surface area contributed by atoms with E-state index in [2.05, 4.69) is 14.7 Å². The first-order valence-electron chi connectivity index (χ1n) is 10.9. The lowest BCUT2D eigenvalue weighted by Crippen LogP contribution is -2.20. The first-order valence-corrected chi connectivity index (χ1v) is 10.9. The third-order valence-corrected chi connectivity index (χ3v) is 5.83. The van der Waals surface area contributed by atoms with Gasteiger partial charge in [0.1, 0.15) is 16.9 Å². The summed E-state index contributed by atoms with van der Waals surface area (Å²) in [5.41, 5.74) is 0.511. The summed E-state index contributed by atoms with van der Waals surface area (Å²) in [4.78, 5) is 21.4. The Morgan fingerprint density at radius 2 is 1.86 bits per heavy atom. The molecule has 35 heavy (non-hydrogen) atoms. The highest BCUT2D eigenvalue weighted by atomic mass is 19.3. The number of aliphatic hydroxyl groups is 1. The lowest BCUT2D eigenvalue weighted by molar-refractivity contribution is -0.0505. The van der Waals surface area contributed by atoms with E-state index in [4.69, 9.17) is 0 Å². The number of alkyl halides is 2. The molecule has 2 heterocycles. The van der Waals surface area contributed by atoms with Gasteiger partial charge in [0.25, 0.3) is 5.56 Å². The number of halogens is 3. The minimum Gasteiger partial charge on any atom is -0.434 e. The van der Waals surface area contributed by atoms with Gasteiger partial charge in [-0.2, -0.15) is 8.78 Å². The highest BCUT2D eigenvalue weighted by Crippen LogP contribution is 2.31. The summed E-state index contributed by atoms with van der Waals surface area (Å²) < 4.78 is 49.2. The van der Waals surface area contributed by atoms with Crippen LogP contribution < -0.4 is 10.3 Å². The normalized spacial score (nSPS) is 12.1. The van der Waals surface area contributed by atoms with Gasteiger partial charge in [-0.15, -0.1) is 0 Å². The second kappa shape index (κ2) is 8.84. The van der Waals surface area contributed by atoms with Gasteiger partial charge in [-0.3, -0.25) is 14.2 Å². The Morgan fingerprint density at radius 3 is 2.49 bits per heavy atom. The topological polar surface area (TPSA) is 82.2 Å². The van der Waals surface area contributed by atoms with Crippen molar-refractivity contribution in [3.63, 3.8) is 0 Å². The molecule has 0 radical (unpaired) electrons. The van der Waals surface area contributed by atoms with E-state index in [1.54, 1.807) is 39.8 Å². The first-order chi connectivity index (χ1) is 16.4. The molecule has 0 atom stereocenters. The summed E-state index contributed by atoms with van der Waals surface area (Å²) in [5.74, 6) is -0.530. The lowest BCUT2D eigenvalue weighted by atomic mass is 10.0. The van der Waals surface area contributed by atoms with Gasteiger partial charge in [-0.1, -0.05) is 23.8 Å². The number of nitrogens with zero attached hydrogens (tertiary/aromatic N) is 4. The molecule has 0 saturated heterocycles. The molecular weight excluding hydrogens is 461 g/mol. The van der Waals surface area contributed by atoms with Gasteiger partial charge in [-0.25, -0.2) is 14.4 Å². The molecule has 4 aromatic rings. The Labute approximate surface area is 199 Å². The summed E-state index contributed by atoms with van der Waals surface area (Å²) in [6, 6.07) is 7.71. The third kappa shape index (κ3) is 4.53. The van der Waals surface area contributed by atoms with Crippen molar-refractivity contribution in [2.75, 3.05) is 0 Å². The SMILES string of the molecule is Cc1ccc(OC(F)F)c(Cn2c3c(F)c(-c4cnc(C(C)(C)O)nc4C)ccc3c(=O)n2C)c1. The van der Waals surface area contributed by atoms with Crippen LogP contribution in [0.3, 0.4) is 0 Å². The van der Waals surface area contributed by atoms with E-state index < -0.39 is 23.6 Å². The number of benzene rings is 2. The molecule has 0 aliphatic rings. The van der Waals surface area contributed by atoms with Crippen LogP contribution in [0.4, 0.5) is 13.2 Å². The molecule has 0 bridgehead atoms. The summed E-state index contributed by atoms with van der Waals surface area (Å²) in [5, 5.41) is 10.3. The lowest BCUT2D eigenvalue weighted by Gasteiger charge is -2.17. The molecule has 184 valence electrons. The van der Waals surface area contributed by atoms with Crippen molar-refractivity contribution in [1.82, 2.24) is 19.3 Å². The van der Waals surface area contributed by atoms with E-state index >= 15 is 4.39 Å². The molecule has 0 aliphatic heterocycles. The highest BCUT2D eigenvalue weighted by Gasteiger charge is 2.24. The summed E-state index contributed by atoms with van der Waals surface area (Å²) in [6.07, 6.45) is 1.43. The Morgan fingerprint density at radius 1 is 1.14 bits per heavy atom. The van der Waals surface area contributed by atoms with Crippen molar-refractivity contribution in [2.45, 2.75) is 46.5 Å². The van der Waals surface area contributed by atoms with Crippen molar-refractivity contribution >= 4 is 10.9 Å². The van der Waals surface area contributed by atoms with Crippen LogP contribution in [0.25, 0.3) is 22.0 Å². The molecule has 4 rings (SSSR count). The molecule has 2 aromatic carbocycles. The Bertz CT molecular complexity index is 1490. The van der Waals surface area contributed by atoms with Gasteiger partial charge in [0.15, 0.2) is 11.6 Å². The monoisotopic (exact) mass is 486 g/mol. The smallest absolute Gasteiger partial charge is 0.387 e. The molecule has 1 N–H and O–H groups in total. The molecule has 0 amide bonds. The van der Waals surface area contributed by atoms with Crippen LogP contribution in [0.2, 0.25) is 0 Å². The zero-order chi connectivity index (χ0) is 25.7. The maximum Gasteiger partial charge on any atom is 0.387 e. The average Bonchev–Trinajstić information content (AvgIpc) is 3.01. The fourth-order valence-electron chi connectivity index (χ4n) is 4.05. The standard InChI is InChI=1S/C25H25F3N4O3/c1-13-6-9-19(35-24(27)28)15(10-13)12-32-21-17(22(33)31(32)5)8-7-16(20(21)26)18-11-29-23(25(3,4)34)30-14(18)2/h6-11,24,34H,12H2,1-5H3. The molecule has 10 heteroatoms. The molecule has 0 spiro atoms. The van der Waals surface area contributed by atoms with E-state index in [1.807, 2.05) is 0 Å². The number of hydrogen-bond acceptors (Lipinski definition) is 5. The van der Waals surface area contributed by atoms with Gasteiger partial charge >= 0.3 is 6.61 Å². The van der Waals surface area contributed by atoms with E-state index in [-0.39, 0.29) is 34.6 Å². The number of ether oxygens (including phenoxy) is 1. The minimum absolute atomic E-state index is 0.0190. The van der Waals surface area contributed by atoms with Crippen molar-refractivity contribution < 1.29 is 23.0 Å². The average molecular weight is 486 g/mol. The van der Waals surface area contributed by atoms with Crippen LogP contribution in [0.5, 0.6) is 5.75 Å². The zero-order valence-corrected chi connectivity index (χ0v) is 19.9. The summed E-state index contributed by atoms with van der Waals surface area (Å²) in [6.45, 7) is 3.46. The van der Waals surface area contributed by atoms with Gasteiger partial charge in [0.2, 0.25) is 0 Å². The second-order valence-corrected chi connectivity index (χ2v) is 8.95. The summed E-state index contributed by atoms with van der Waals surface area (Å²) >= 11 is 0. The van der Waals surface area contributed by atoms with E-state index in [1.165, 1.54) is 40.8 Å². The predicted octanol–water partition coefficient (Wildman–Crippen LogP) is 4.43. The van der Waals surface area contributed by atoms with Crippen molar-refractivity contribution in [1.29, 1.82) is 0 Å². The van der Waals surface area contributed by atoms with Crippen LogP contribution in [-0.2, 0) is 19.2 Å². The van der Waals surface area contributed by atoms with E-state index in [0.717, 1.165) is 5.56 Å². The van der Waals surface area contributed by atoms with Crippen LogP contribution in [-0.4, -0.2) is 31.0 Å². The second-order valence-electron chi connectivity index (χ2n) is 8.95. The number of aryl methyl sites for hydroxylation is 2. The molecule has 0 saturated carbocycles. The Balaban J connectivity index is 1.89. The predicted molar refractivity (Wildman–Crippen MR) is 125 cm³/mol. The van der Waals surface area contributed by atoms with Gasteiger partial charge in [0, 0.05) is 35.6 Å². The first kappa shape index (κ1) is 24.5. The van der Waals surface area contributed by atoms with E-state index in [9.17, 15) is 18.7 Å². The number of hydrogen-bond donors (Lipinski definition) is 1. The maximum atomic E-state index is 16.0. The highest BCUT2D eigenvalue weighted by molar-refractivity contribution is 5.86. The van der Waals surface area contributed by atoms with Crippen molar-refractivity contribution in [2.24, 2.45) is 7.05 Å². The number of aromatic nitrogens is 4. The molecule has 0 aliphatic carbocycles. The van der Waals surface area contributed by atoms with E-state index in [0.29, 0.717) is 16.8 Å².